The number of oxime groups is 1. The molecule has 1 aromatic rings. The van der Waals surface area contributed by atoms with E-state index in [1.54, 1.807) is 0 Å². The van der Waals surface area contributed by atoms with Crippen LogP contribution in [-0.2, 0) is 0 Å². The summed E-state index contributed by atoms with van der Waals surface area (Å²) in [5.41, 5.74) is 5.83. The Morgan fingerprint density at radius 2 is 2.24 bits per heavy atom. The number of nitro groups is 1. The molecule has 0 spiro atoms. The SMILES string of the molecule is NC(=NO)c1cc([N+](=O)[O-])cnc1N(CC1CC1)C1CC1. The number of hydrogen-bond donors (Lipinski definition) is 2. The molecule has 8 nitrogen and oxygen atoms in total. The predicted octanol–water partition coefficient (Wildman–Crippen LogP) is 1.46. The highest BCUT2D eigenvalue weighted by atomic mass is 16.6. The van der Waals surface area contributed by atoms with Gasteiger partial charge in [0.25, 0.3) is 5.69 Å². The van der Waals surface area contributed by atoms with Gasteiger partial charge in [-0.05, 0) is 31.6 Å². The third-order valence-electron chi connectivity index (χ3n) is 3.86. The van der Waals surface area contributed by atoms with Crippen LogP contribution in [0.2, 0.25) is 0 Å². The molecule has 0 amide bonds. The number of rotatable bonds is 6. The lowest BCUT2D eigenvalue weighted by Crippen LogP contribution is -2.31. The van der Waals surface area contributed by atoms with Gasteiger partial charge in [0.15, 0.2) is 5.84 Å². The second-order valence-electron chi connectivity index (χ2n) is 5.63. The quantitative estimate of drug-likeness (QED) is 0.269. The van der Waals surface area contributed by atoms with Crippen molar-refractivity contribution in [3.8, 4) is 0 Å². The first-order valence-corrected chi connectivity index (χ1v) is 6.99. The molecule has 0 aromatic carbocycles. The van der Waals surface area contributed by atoms with Crippen molar-refractivity contribution in [2.75, 3.05) is 11.4 Å². The Kier molecular flexibility index (Phi) is 3.36. The van der Waals surface area contributed by atoms with Crippen molar-refractivity contribution in [1.29, 1.82) is 0 Å². The molecule has 112 valence electrons. The zero-order chi connectivity index (χ0) is 15.0. The van der Waals surface area contributed by atoms with Gasteiger partial charge in [-0.15, -0.1) is 0 Å². The molecule has 0 aliphatic heterocycles. The number of amidine groups is 1. The molecule has 1 heterocycles. The van der Waals surface area contributed by atoms with Crippen molar-refractivity contribution >= 4 is 17.3 Å². The van der Waals surface area contributed by atoms with E-state index in [0.29, 0.717) is 23.3 Å². The fourth-order valence-corrected chi connectivity index (χ4v) is 2.39. The smallest absolute Gasteiger partial charge is 0.288 e. The topological polar surface area (TPSA) is 118 Å². The van der Waals surface area contributed by atoms with Gasteiger partial charge in [0.2, 0.25) is 0 Å². The summed E-state index contributed by atoms with van der Waals surface area (Å²) >= 11 is 0. The molecule has 0 atom stereocenters. The number of anilines is 1. The largest absolute Gasteiger partial charge is 0.409 e. The highest BCUT2D eigenvalue weighted by Gasteiger charge is 2.36. The summed E-state index contributed by atoms with van der Waals surface area (Å²) in [7, 11) is 0. The van der Waals surface area contributed by atoms with E-state index in [0.717, 1.165) is 19.4 Å². The van der Waals surface area contributed by atoms with Gasteiger partial charge in [-0.1, -0.05) is 5.16 Å². The van der Waals surface area contributed by atoms with Crippen LogP contribution in [0.5, 0.6) is 0 Å². The van der Waals surface area contributed by atoms with Crippen LogP contribution in [0.3, 0.4) is 0 Å². The van der Waals surface area contributed by atoms with Crippen LogP contribution in [0.1, 0.15) is 31.2 Å². The first kappa shape index (κ1) is 13.6. The lowest BCUT2D eigenvalue weighted by Gasteiger charge is -2.25. The van der Waals surface area contributed by atoms with E-state index < -0.39 is 4.92 Å². The van der Waals surface area contributed by atoms with E-state index in [9.17, 15) is 10.1 Å². The highest BCUT2D eigenvalue weighted by Crippen LogP contribution is 2.38. The standard InChI is InChI=1S/C13H17N5O3/c14-12(16-19)11-5-10(18(20)21)6-15-13(11)17(9-3-4-9)7-8-1-2-8/h5-6,8-9,19H,1-4,7H2,(H2,14,16). The summed E-state index contributed by atoms with van der Waals surface area (Å²) in [6.45, 7) is 0.876. The molecule has 0 bridgehead atoms. The van der Waals surface area contributed by atoms with E-state index >= 15 is 0 Å². The molecular weight excluding hydrogens is 274 g/mol. The van der Waals surface area contributed by atoms with Crippen molar-refractivity contribution in [3.63, 3.8) is 0 Å². The second-order valence-corrected chi connectivity index (χ2v) is 5.63. The van der Waals surface area contributed by atoms with Crippen LogP contribution in [0.4, 0.5) is 11.5 Å². The maximum Gasteiger partial charge on any atom is 0.288 e. The van der Waals surface area contributed by atoms with Gasteiger partial charge in [0.05, 0.1) is 10.5 Å². The molecule has 0 saturated heterocycles. The fourth-order valence-electron chi connectivity index (χ4n) is 2.39. The van der Waals surface area contributed by atoms with Crippen LogP contribution >= 0.6 is 0 Å². The third-order valence-corrected chi connectivity index (χ3v) is 3.86. The van der Waals surface area contributed by atoms with E-state index in [1.165, 1.54) is 25.1 Å². The zero-order valence-corrected chi connectivity index (χ0v) is 11.5. The summed E-state index contributed by atoms with van der Waals surface area (Å²) in [5.74, 6) is 1.08. The van der Waals surface area contributed by atoms with E-state index in [2.05, 4.69) is 15.0 Å². The Bertz CT molecular complexity index is 595. The van der Waals surface area contributed by atoms with Gasteiger partial charge in [-0.3, -0.25) is 10.1 Å². The van der Waals surface area contributed by atoms with Crippen LogP contribution < -0.4 is 10.6 Å². The van der Waals surface area contributed by atoms with Crippen molar-refractivity contribution < 1.29 is 10.1 Å². The first-order chi connectivity index (χ1) is 10.1. The van der Waals surface area contributed by atoms with E-state index in [4.69, 9.17) is 10.9 Å². The maximum atomic E-state index is 10.9. The monoisotopic (exact) mass is 291 g/mol. The number of aromatic nitrogens is 1. The third kappa shape index (κ3) is 2.88. The van der Waals surface area contributed by atoms with Gasteiger partial charge >= 0.3 is 0 Å². The Morgan fingerprint density at radius 3 is 2.76 bits per heavy atom. The molecule has 2 aliphatic rings. The minimum Gasteiger partial charge on any atom is -0.409 e. The number of hydrogen-bond acceptors (Lipinski definition) is 6. The van der Waals surface area contributed by atoms with Crippen molar-refractivity contribution in [3.05, 3.63) is 27.9 Å². The minimum absolute atomic E-state index is 0.150. The molecule has 0 unspecified atom stereocenters. The van der Waals surface area contributed by atoms with Crippen molar-refractivity contribution in [2.45, 2.75) is 31.7 Å². The van der Waals surface area contributed by atoms with Gasteiger partial charge in [-0.25, -0.2) is 4.98 Å². The lowest BCUT2D eigenvalue weighted by atomic mass is 10.2. The average Bonchev–Trinajstić information content (AvgIpc) is 3.36. The van der Waals surface area contributed by atoms with E-state index in [-0.39, 0.29) is 11.5 Å². The van der Waals surface area contributed by atoms with Gasteiger partial charge in [0.1, 0.15) is 12.0 Å². The summed E-state index contributed by atoms with van der Waals surface area (Å²) in [6.07, 6.45) is 5.80. The van der Waals surface area contributed by atoms with Crippen molar-refractivity contribution in [1.82, 2.24) is 4.98 Å². The predicted molar refractivity (Wildman–Crippen MR) is 76.5 cm³/mol. The average molecular weight is 291 g/mol. The normalized spacial score (nSPS) is 18.6. The maximum absolute atomic E-state index is 10.9. The van der Waals surface area contributed by atoms with Crippen LogP contribution in [0, 0.1) is 16.0 Å². The van der Waals surface area contributed by atoms with Crippen LogP contribution in [-0.4, -0.2) is 33.5 Å². The zero-order valence-electron chi connectivity index (χ0n) is 11.5. The molecule has 8 heteroatoms. The Morgan fingerprint density at radius 1 is 1.52 bits per heavy atom. The summed E-state index contributed by atoms with van der Waals surface area (Å²) < 4.78 is 0. The van der Waals surface area contributed by atoms with Crippen LogP contribution in [0.15, 0.2) is 17.4 Å². The summed E-state index contributed by atoms with van der Waals surface area (Å²) in [6, 6.07) is 1.73. The molecule has 3 rings (SSSR count). The molecule has 21 heavy (non-hydrogen) atoms. The molecule has 0 radical (unpaired) electrons. The van der Waals surface area contributed by atoms with Gasteiger partial charge in [0, 0.05) is 18.7 Å². The molecule has 2 fully saturated rings. The first-order valence-electron chi connectivity index (χ1n) is 6.99. The number of nitrogens with zero attached hydrogens (tertiary/aromatic N) is 4. The van der Waals surface area contributed by atoms with E-state index in [1.807, 2.05) is 0 Å². The highest BCUT2D eigenvalue weighted by molar-refractivity contribution is 6.02. The lowest BCUT2D eigenvalue weighted by molar-refractivity contribution is -0.385. The number of pyridine rings is 1. The summed E-state index contributed by atoms with van der Waals surface area (Å²) in [4.78, 5) is 16.7. The van der Waals surface area contributed by atoms with Gasteiger partial charge in [-0.2, -0.15) is 0 Å². The molecule has 2 saturated carbocycles. The minimum atomic E-state index is -0.534. The van der Waals surface area contributed by atoms with Gasteiger partial charge < -0.3 is 15.8 Å². The summed E-state index contributed by atoms with van der Waals surface area (Å²) in [5, 5.41) is 22.8. The van der Waals surface area contributed by atoms with Crippen molar-refractivity contribution in [2.24, 2.45) is 16.8 Å². The molecule has 2 aliphatic carbocycles. The van der Waals surface area contributed by atoms with Crippen LogP contribution in [0.25, 0.3) is 0 Å². The molecule has 3 N–H and O–H groups in total. The number of nitrogens with two attached hydrogens (primary N) is 1. The molecular formula is C13H17N5O3. The Balaban J connectivity index is 1.99. The molecule has 1 aromatic heterocycles. The Labute approximate surface area is 121 Å². The fraction of sp³-hybridized carbons (Fsp3) is 0.538. The second kappa shape index (κ2) is 5.19. The Hall–Kier alpha value is -2.38.